The summed E-state index contributed by atoms with van der Waals surface area (Å²) in [4.78, 5) is 4.77. The van der Waals surface area contributed by atoms with Gasteiger partial charge in [0.25, 0.3) is 0 Å². The number of likely N-dealkylation sites (N-methyl/N-ethyl adjacent to an activating group) is 2. The Morgan fingerprint density at radius 3 is 2.24 bits per heavy atom. The van der Waals surface area contributed by atoms with Crippen LogP contribution in [0.15, 0.2) is 24.3 Å². The average molecular weight is 289 g/mol. The summed E-state index contributed by atoms with van der Waals surface area (Å²) >= 11 is 0. The number of nitrogens with two attached hydrogens (primary N) is 1. The highest BCUT2D eigenvalue weighted by atomic mass is 15.2. The van der Waals surface area contributed by atoms with E-state index in [1.54, 1.807) is 0 Å². The van der Waals surface area contributed by atoms with Gasteiger partial charge in [0, 0.05) is 25.2 Å². The van der Waals surface area contributed by atoms with Gasteiger partial charge in [-0.3, -0.25) is 4.90 Å². The van der Waals surface area contributed by atoms with Gasteiger partial charge in [-0.05, 0) is 57.5 Å². The molecule has 21 heavy (non-hydrogen) atoms. The minimum Gasteiger partial charge on any atom is -0.329 e. The first-order chi connectivity index (χ1) is 10.1. The van der Waals surface area contributed by atoms with Crippen molar-refractivity contribution in [2.75, 3.05) is 33.7 Å². The van der Waals surface area contributed by atoms with Crippen LogP contribution in [0.25, 0.3) is 0 Å². The Morgan fingerprint density at radius 1 is 1.19 bits per heavy atom. The summed E-state index contributed by atoms with van der Waals surface area (Å²) in [6, 6.07) is 10.0. The molecule has 1 fully saturated rings. The molecule has 1 aliphatic rings. The van der Waals surface area contributed by atoms with E-state index in [-0.39, 0.29) is 0 Å². The van der Waals surface area contributed by atoms with Gasteiger partial charge in [0.05, 0.1) is 0 Å². The van der Waals surface area contributed by atoms with E-state index in [2.05, 4.69) is 62.0 Å². The van der Waals surface area contributed by atoms with Gasteiger partial charge in [-0.15, -0.1) is 0 Å². The smallest absolute Gasteiger partial charge is 0.0473 e. The summed E-state index contributed by atoms with van der Waals surface area (Å²) in [5.74, 6) is 0.824. The molecule has 0 saturated heterocycles. The van der Waals surface area contributed by atoms with Crippen molar-refractivity contribution in [1.82, 2.24) is 9.80 Å². The molecule has 1 saturated carbocycles. The van der Waals surface area contributed by atoms with Crippen molar-refractivity contribution in [2.24, 2.45) is 5.73 Å². The van der Waals surface area contributed by atoms with Crippen LogP contribution in [0.1, 0.15) is 49.8 Å². The molecular weight excluding hydrogens is 258 g/mol. The zero-order chi connectivity index (χ0) is 15.4. The number of nitrogens with zero attached hydrogens (tertiary/aromatic N) is 2. The SMILES string of the molecule is CCN(C(C)CN(C)C)C(CN)c1ccc(C2CC2)cc1. The van der Waals surface area contributed by atoms with Gasteiger partial charge >= 0.3 is 0 Å². The first-order valence-electron chi connectivity index (χ1n) is 8.27. The van der Waals surface area contributed by atoms with Crippen LogP contribution in [-0.4, -0.2) is 49.6 Å². The highest BCUT2D eigenvalue weighted by molar-refractivity contribution is 5.30. The van der Waals surface area contributed by atoms with Crippen molar-refractivity contribution in [1.29, 1.82) is 0 Å². The lowest BCUT2D eigenvalue weighted by molar-refractivity contribution is 0.131. The van der Waals surface area contributed by atoms with E-state index in [0.717, 1.165) is 19.0 Å². The minimum absolute atomic E-state index is 0.318. The number of rotatable bonds is 8. The Labute approximate surface area is 130 Å². The molecule has 118 valence electrons. The molecule has 1 aliphatic carbocycles. The van der Waals surface area contributed by atoms with E-state index in [4.69, 9.17) is 5.73 Å². The Hall–Kier alpha value is -0.900. The molecule has 1 aromatic rings. The fourth-order valence-corrected chi connectivity index (χ4v) is 3.34. The summed E-state index contributed by atoms with van der Waals surface area (Å²) in [6.45, 7) is 7.29. The third kappa shape index (κ3) is 4.29. The van der Waals surface area contributed by atoms with Gasteiger partial charge in [0.1, 0.15) is 0 Å². The van der Waals surface area contributed by atoms with Crippen LogP contribution in [0.5, 0.6) is 0 Å². The second kappa shape index (κ2) is 7.39. The van der Waals surface area contributed by atoms with Crippen LogP contribution >= 0.6 is 0 Å². The molecule has 2 unspecified atom stereocenters. The predicted octanol–water partition coefficient (Wildman–Crippen LogP) is 2.84. The summed E-state index contributed by atoms with van der Waals surface area (Å²) in [5, 5.41) is 0. The lowest BCUT2D eigenvalue weighted by Gasteiger charge is -2.36. The summed E-state index contributed by atoms with van der Waals surface area (Å²) < 4.78 is 0. The fraction of sp³-hybridized carbons (Fsp3) is 0.667. The Balaban J connectivity index is 2.11. The van der Waals surface area contributed by atoms with Crippen molar-refractivity contribution in [3.8, 4) is 0 Å². The standard InChI is InChI=1S/C18H31N3/c1-5-21(14(2)13-20(3)4)18(12-19)17-10-8-16(9-11-17)15-6-7-15/h8-11,14-15,18H,5-7,12-13,19H2,1-4H3. The fourth-order valence-electron chi connectivity index (χ4n) is 3.34. The van der Waals surface area contributed by atoms with Gasteiger partial charge in [-0.1, -0.05) is 31.2 Å². The quantitative estimate of drug-likeness (QED) is 0.799. The van der Waals surface area contributed by atoms with Crippen molar-refractivity contribution >= 4 is 0 Å². The summed E-state index contributed by atoms with van der Waals surface area (Å²) in [6.07, 6.45) is 2.72. The zero-order valence-corrected chi connectivity index (χ0v) is 14.0. The van der Waals surface area contributed by atoms with Gasteiger partial charge in [-0.25, -0.2) is 0 Å². The molecule has 1 aromatic carbocycles. The largest absolute Gasteiger partial charge is 0.329 e. The van der Waals surface area contributed by atoms with E-state index in [1.807, 2.05) is 0 Å². The second-order valence-electron chi connectivity index (χ2n) is 6.63. The molecule has 0 aromatic heterocycles. The predicted molar refractivity (Wildman–Crippen MR) is 90.6 cm³/mol. The molecular formula is C18H31N3. The number of hydrogen-bond acceptors (Lipinski definition) is 3. The molecule has 2 atom stereocenters. The molecule has 3 heteroatoms. The van der Waals surface area contributed by atoms with Crippen LogP contribution in [0.3, 0.4) is 0 Å². The molecule has 2 rings (SSSR count). The van der Waals surface area contributed by atoms with Gasteiger partial charge < -0.3 is 10.6 Å². The molecule has 2 N–H and O–H groups in total. The van der Waals surface area contributed by atoms with Crippen LogP contribution in [0.4, 0.5) is 0 Å². The van der Waals surface area contributed by atoms with Gasteiger partial charge in [0.15, 0.2) is 0 Å². The molecule has 0 spiro atoms. The first kappa shape index (κ1) is 16.5. The number of benzene rings is 1. The summed E-state index contributed by atoms with van der Waals surface area (Å²) in [7, 11) is 4.26. The first-order valence-corrected chi connectivity index (χ1v) is 8.27. The Morgan fingerprint density at radius 2 is 1.81 bits per heavy atom. The molecule has 0 aliphatic heterocycles. The van der Waals surface area contributed by atoms with Crippen molar-refractivity contribution < 1.29 is 0 Å². The third-order valence-corrected chi connectivity index (χ3v) is 4.55. The molecule has 0 heterocycles. The summed E-state index contributed by atoms with van der Waals surface area (Å²) in [5.41, 5.74) is 8.96. The molecule has 0 radical (unpaired) electrons. The van der Waals surface area contributed by atoms with E-state index in [0.29, 0.717) is 18.6 Å². The van der Waals surface area contributed by atoms with Crippen LogP contribution in [0, 0.1) is 0 Å². The Kier molecular flexibility index (Phi) is 5.80. The molecule has 0 amide bonds. The van der Waals surface area contributed by atoms with E-state index >= 15 is 0 Å². The van der Waals surface area contributed by atoms with E-state index < -0.39 is 0 Å². The maximum atomic E-state index is 6.10. The van der Waals surface area contributed by atoms with Crippen molar-refractivity contribution in [3.63, 3.8) is 0 Å². The highest BCUT2D eigenvalue weighted by Gasteiger charge is 2.25. The van der Waals surface area contributed by atoms with Gasteiger partial charge in [-0.2, -0.15) is 0 Å². The lowest BCUT2D eigenvalue weighted by atomic mass is 10.0. The lowest BCUT2D eigenvalue weighted by Crippen LogP contribution is -2.44. The topological polar surface area (TPSA) is 32.5 Å². The Bertz CT molecular complexity index is 423. The van der Waals surface area contributed by atoms with E-state index in [1.165, 1.54) is 24.0 Å². The monoisotopic (exact) mass is 289 g/mol. The minimum atomic E-state index is 0.318. The maximum Gasteiger partial charge on any atom is 0.0473 e. The zero-order valence-electron chi connectivity index (χ0n) is 14.0. The average Bonchev–Trinajstić information content (AvgIpc) is 3.28. The number of hydrogen-bond donors (Lipinski definition) is 1. The maximum absolute atomic E-state index is 6.10. The molecule has 0 bridgehead atoms. The second-order valence-corrected chi connectivity index (χ2v) is 6.63. The molecule has 3 nitrogen and oxygen atoms in total. The van der Waals surface area contributed by atoms with Crippen LogP contribution in [-0.2, 0) is 0 Å². The van der Waals surface area contributed by atoms with Crippen LogP contribution < -0.4 is 5.73 Å². The van der Waals surface area contributed by atoms with Crippen molar-refractivity contribution in [3.05, 3.63) is 35.4 Å². The van der Waals surface area contributed by atoms with Crippen molar-refractivity contribution in [2.45, 2.75) is 44.7 Å². The normalized spacial score (nSPS) is 18.2. The third-order valence-electron chi connectivity index (χ3n) is 4.55. The highest BCUT2D eigenvalue weighted by Crippen LogP contribution is 2.40. The van der Waals surface area contributed by atoms with E-state index in [9.17, 15) is 0 Å². The van der Waals surface area contributed by atoms with Crippen LogP contribution in [0.2, 0.25) is 0 Å². The van der Waals surface area contributed by atoms with Gasteiger partial charge in [0.2, 0.25) is 0 Å².